The second kappa shape index (κ2) is 6.84. The standard InChI is InChI=1S/C26H31NO3/c1-17-23-13-18-9-10-21(28)14-22(18)25(17,2)11-12-27(23)16-20-15-26(20,24(29)30-3)19-7-5-4-6-8-19/h4-10,14,17,20,23,28H,11-13,15-16H2,1-3H3/t17-,20-,23+,25+,26+/m0/s1. The Labute approximate surface area is 178 Å². The second-order valence-electron chi connectivity index (χ2n) is 9.79. The summed E-state index contributed by atoms with van der Waals surface area (Å²) in [5.41, 5.74) is 3.38. The Morgan fingerprint density at radius 3 is 2.73 bits per heavy atom. The number of carbonyl (C=O) groups excluding carboxylic acids is 1. The van der Waals surface area contributed by atoms with E-state index < -0.39 is 5.41 Å². The summed E-state index contributed by atoms with van der Waals surface area (Å²) >= 11 is 0. The number of hydrogen-bond donors (Lipinski definition) is 1. The van der Waals surface area contributed by atoms with E-state index in [-0.39, 0.29) is 11.4 Å². The first-order valence-electron chi connectivity index (χ1n) is 11.1. The first-order valence-corrected chi connectivity index (χ1v) is 11.1. The Bertz CT molecular complexity index is 973. The molecule has 1 saturated heterocycles. The molecule has 0 radical (unpaired) electrons. The lowest BCUT2D eigenvalue weighted by Gasteiger charge is -2.54. The van der Waals surface area contributed by atoms with Crippen LogP contribution in [0.25, 0.3) is 0 Å². The van der Waals surface area contributed by atoms with Gasteiger partial charge in [0.1, 0.15) is 5.75 Å². The van der Waals surface area contributed by atoms with Crippen molar-refractivity contribution in [2.24, 2.45) is 11.8 Å². The highest BCUT2D eigenvalue weighted by Gasteiger charge is 2.63. The third kappa shape index (κ3) is 2.73. The molecule has 1 saturated carbocycles. The lowest BCUT2D eigenvalue weighted by Crippen LogP contribution is -2.58. The fourth-order valence-electron chi connectivity index (χ4n) is 6.39. The summed E-state index contributed by atoms with van der Waals surface area (Å²) in [5.74, 6) is 1.07. The maximum absolute atomic E-state index is 12.8. The number of phenols is 1. The van der Waals surface area contributed by atoms with E-state index in [0.717, 1.165) is 37.9 Å². The number of methoxy groups -OCH3 is 1. The molecule has 0 unspecified atom stereocenters. The molecule has 2 aromatic rings. The van der Waals surface area contributed by atoms with E-state index in [0.29, 0.717) is 23.6 Å². The first kappa shape index (κ1) is 19.6. The van der Waals surface area contributed by atoms with Crippen molar-refractivity contribution >= 4 is 5.97 Å². The normalized spacial score (nSPS) is 34.8. The molecule has 2 fully saturated rings. The number of phenolic OH excluding ortho intramolecular Hbond substituents is 1. The van der Waals surface area contributed by atoms with E-state index in [2.05, 4.69) is 36.9 Å². The number of aromatic hydroxyl groups is 1. The van der Waals surface area contributed by atoms with Gasteiger partial charge >= 0.3 is 5.97 Å². The van der Waals surface area contributed by atoms with Gasteiger partial charge < -0.3 is 9.84 Å². The Kier molecular flexibility index (Phi) is 4.48. The van der Waals surface area contributed by atoms with Gasteiger partial charge in [-0.05, 0) is 71.9 Å². The van der Waals surface area contributed by atoms with Crippen molar-refractivity contribution in [3.8, 4) is 5.75 Å². The van der Waals surface area contributed by atoms with Crippen LogP contribution in [0.1, 0.15) is 43.4 Å². The molecule has 3 aliphatic rings. The van der Waals surface area contributed by atoms with Gasteiger partial charge in [-0.3, -0.25) is 9.69 Å². The van der Waals surface area contributed by atoms with Gasteiger partial charge in [0.05, 0.1) is 12.5 Å². The summed E-state index contributed by atoms with van der Waals surface area (Å²) in [6, 6.07) is 16.5. The van der Waals surface area contributed by atoms with Crippen LogP contribution in [0.2, 0.25) is 0 Å². The van der Waals surface area contributed by atoms with Gasteiger partial charge in [-0.15, -0.1) is 0 Å². The fourth-order valence-corrected chi connectivity index (χ4v) is 6.39. The molecule has 0 spiro atoms. The summed E-state index contributed by atoms with van der Waals surface area (Å²) in [4.78, 5) is 15.4. The second-order valence-corrected chi connectivity index (χ2v) is 9.79. The molecule has 5 atom stereocenters. The Hall–Kier alpha value is -2.33. The highest BCUT2D eigenvalue weighted by molar-refractivity contribution is 5.87. The summed E-state index contributed by atoms with van der Waals surface area (Å²) in [6.07, 6.45) is 2.95. The highest BCUT2D eigenvalue weighted by atomic mass is 16.5. The van der Waals surface area contributed by atoms with Crippen LogP contribution >= 0.6 is 0 Å². The van der Waals surface area contributed by atoms with Gasteiger partial charge in [0.15, 0.2) is 0 Å². The SMILES string of the molecule is COC(=O)[C@@]1(c2ccccc2)C[C@H]1CN1CC[C@@]2(C)c3cc(O)ccc3C[C@@H]1[C@@H]2C. The monoisotopic (exact) mass is 405 g/mol. The van der Waals surface area contributed by atoms with Gasteiger partial charge in [-0.2, -0.15) is 0 Å². The molecule has 158 valence electrons. The van der Waals surface area contributed by atoms with Crippen molar-refractivity contribution in [2.45, 2.75) is 50.0 Å². The number of rotatable bonds is 4. The third-order valence-corrected chi connectivity index (χ3v) is 8.51. The molecular formula is C26H31NO3. The van der Waals surface area contributed by atoms with Crippen LogP contribution in [-0.2, 0) is 26.8 Å². The summed E-state index contributed by atoms with van der Waals surface area (Å²) in [5, 5.41) is 10.1. The van der Waals surface area contributed by atoms with Crippen LogP contribution in [-0.4, -0.2) is 42.2 Å². The topological polar surface area (TPSA) is 49.8 Å². The van der Waals surface area contributed by atoms with Crippen LogP contribution in [0.5, 0.6) is 5.75 Å². The molecule has 1 heterocycles. The number of esters is 1. The number of fused-ring (bicyclic) bond motifs is 4. The highest BCUT2D eigenvalue weighted by Crippen LogP contribution is 2.57. The van der Waals surface area contributed by atoms with Crippen LogP contribution in [0.3, 0.4) is 0 Å². The van der Waals surface area contributed by atoms with E-state index in [1.165, 1.54) is 18.2 Å². The van der Waals surface area contributed by atoms with Gasteiger partial charge in [0.2, 0.25) is 0 Å². The number of nitrogens with zero attached hydrogens (tertiary/aromatic N) is 1. The molecule has 1 aliphatic heterocycles. The molecule has 2 aliphatic carbocycles. The van der Waals surface area contributed by atoms with Crippen LogP contribution < -0.4 is 0 Å². The number of hydrogen-bond acceptors (Lipinski definition) is 4. The summed E-state index contributed by atoms with van der Waals surface area (Å²) in [7, 11) is 1.50. The molecular weight excluding hydrogens is 374 g/mol. The van der Waals surface area contributed by atoms with E-state index in [9.17, 15) is 9.90 Å². The molecule has 4 nitrogen and oxygen atoms in total. The predicted molar refractivity (Wildman–Crippen MR) is 117 cm³/mol. The molecule has 4 heteroatoms. The smallest absolute Gasteiger partial charge is 0.316 e. The quantitative estimate of drug-likeness (QED) is 0.780. The van der Waals surface area contributed by atoms with E-state index in [4.69, 9.17) is 4.74 Å². The van der Waals surface area contributed by atoms with Gasteiger partial charge in [0.25, 0.3) is 0 Å². The van der Waals surface area contributed by atoms with E-state index >= 15 is 0 Å². The molecule has 2 bridgehead atoms. The number of benzene rings is 2. The summed E-state index contributed by atoms with van der Waals surface area (Å²) < 4.78 is 5.25. The number of carbonyl (C=O) groups is 1. The number of likely N-dealkylation sites (tertiary alicyclic amines) is 1. The maximum atomic E-state index is 12.8. The largest absolute Gasteiger partial charge is 0.508 e. The van der Waals surface area contributed by atoms with E-state index in [1.807, 2.05) is 30.3 Å². The Morgan fingerprint density at radius 2 is 2.00 bits per heavy atom. The minimum absolute atomic E-state index is 0.0932. The fraction of sp³-hybridized carbons (Fsp3) is 0.500. The molecule has 2 aromatic carbocycles. The number of ether oxygens (including phenoxy) is 1. The molecule has 0 aromatic heterocycles. The first-order chi connectivity index (χ1) is 14.4. The van der Waals surface area contributed by atoms with Gasteiger partial charge in [-0.1, -0.05) is 50.2 Å². The third-order valence-electron chi connectivity index (χ3n) is 8.51. The van der Waals surface area contributed by atoms with Crippen molar-refractivity contribution in [2.75, 3.05) is 20.2 Å². The maximum Gasteiger partial charge on any atom is 0.316 e. The zero-order valence-corrected chi connectivity index (χ0v) is 18.1. The lowest BCUT2D eigenvalue weighted by atomic mass is 9.59. The van der Waals surface area contributed by atoms with Crippen molar-refractivity contribution in [3.05, 3.63) is 65.2 Å². The van der Waals surface area contributed by atoms with Crippen LogP contribution in [0, 0.1) is 11.8 Å². The Balaban J connectivity index is 1.41. The van der Waals surface area contributed by atoms with Crippen molar-refractivity contribution < 1.29 is 14.6 Å². The average molecular weight is 406 g/mol. The lowest BCUT2D eigenvalue weighted by molar-refractivity contribution is -0.144. The van der Waals surface area contributed by atoms with Crippen LogP contribution in [0.4, 0.5) is 0 Å². The Morgan fingerprint density at radius 1 is 1.23 bits per heavy atom. The van der Waals surface area contributed by atoms with Crippen LogP contribution in [0.15, 0.2) is 48.5 Å². The van der Waals surface area contributed by atoms with E-state index in [1.54, 1.807) is 0 Å². The zero-order chi connectivity index (χ0) is 21.1. The van der Waals surface area contributed by atoms with Gasteiger partial charge in [-0.25, -0.2) is 0 Å². The van der Waals surface area contributed by atoms with Crippen molar-refractivity contribution in [1.29, 1.82) is 0 Å². The zero-order valence-electron chi connectivity index (χ0n) is 18.1. The number of piperidine rings is 1. The van der Waals surface area contributed by atoms with Crippen molar-refractivity contribution in [3.63, 3.8) is 0 Å². The van der Waals surface area contributed by atoms with Crippen molar-refractivity contribution in [1.82, 2.24) is 4.90 Å². The van der Waals surface area contributed by atoms with Gasteiger partial charge in [0, 0.05) is 12.6 Å². The molecule has 0 amide bonds. The minimum Gasteiger partial charge on any atom is -0.508 e. The molecule has 30 heavy (non-hydrogen) atoms. The molecule has 5 rings (SSSR count). The molecule has 1 N–H and O–H groups in total. The average Bonchev–Trinajstić information content (AvgIpc) is 3.48. The minimum atomic E-state index is -0.488. The predicted octanol–water partition coefficient (Wildman–Crippen LogP) is 4.05. The summed E-state index contributed by atoms with van der Waals surface area (Å²) in [6.45, 7) is 6.69.